The fraction of sp³-hybridized carbons (Fsp3) is 0.357. The second-order valence-corrected chi connectivity index (χ2v) is 4.02. The maximum absolute atomic E-state index is 11.2. The third-order valence-electron chi connectivity index (χ3n) is 1.95. The van der Waals surface area contributed by atoms with E-state index in [1.54, 1.807) is 0 Å². The van der Waals surface area contributed by atoms with Gasteiger partial charge in [0.05, 0.1) is 0 Å². The van der Waals surface area contributed by atoms with Crippen LogP contribution in [0, 0.1) is 0 Å². The van der Waals surface area contributed by atoms with Gasteiger partial charge in [0.2, 0.25) is 0 Å². The van der Waals surface area contributed by atoms with Gasteiger partial charge >= 0.3 is 17.9 Å². The molecule has 0 amide bonds. The minimum absolute atomic E-state index is 0.206. The molecular weight excluding hydrogens is 264 g/mol. The maximum atomic E-state index is 11.2. The molecule has 0 aliphatic carbocycles. The van der Waals surface area contributed by atoms with Crippen LogP contribution in [0.4, 0.5) is 0 Å². The zero-order chi connectivity index (χ0) is 15.7. The summed E-state index contributed by atoms with van der Waals surface area (Å²) in [6.45, 7) is 12.5. The summed E-state index contributed by atoms with van der Waals surface area (Å²) in [6.07, 6.45) is 0.0285. The summed E-state index contributed by atoms with van der Waals surface area (Å²) in [5.74, 6) is -1.97. The fourth-order valence-corrected chi connectivity index (χ4v) is 0.912. The molecule has 0 bridgehead atoms. The van der Waals surface area contributed by atoms with Crippen molar-refractivity contribution in [3.63, 3.8) is 0 Å². The van der Waals surface area contributed by atoms with Crippen molar-refractivity contribution in [2.45, 2.75) is 20.0 Å². The molecule has 6 heteroatoms. The maximum Gasteiger partial charge on any atom is 0.333 e. The monoisotopic (exact) mass is 282 g/mol. The van der Waals surface area contributed by atoms with Gasteiger partial charge in [-0.3, -0.25) is 0 Å². The lowest BCUT2D eigenvalue weighted by Crippen LogP contribution is -2.30. The first-order valence-electron chi connectivity index (χ1n) is 5.76. The fourth-order valence-electron chi connectivity index (χ4n) is 0.912. The third kappa shape index (κ3) is 7.15. The Hall–Kier alpha value is -2.37. The molecule has 0 heterocycles. The number of rotatable bonds is 8. The predicted octanol–water partition coefficient (Wildman–Crippen LogP) is 1.32. The number of hydrogen-bond acceptors (Lipinski definition) is 6. The van der Waals surface area contributed by atoms with E-state index < -0.39 is 24.0 Å². The molecule has 20 heavy (non-hydrogen) atoms. The average Bonchev–Trinajstić information content (AvgIpc) is 2.40. The summed E-state index contributed by atoms with van der Waals surface area (Å²) in [5, 5.41) is 0. The second kappa shape index (κ2) is 8.68. The molecule has 110 valence electrons. The lowest BCUT2D eigenvalue weighted by Gasteiger charge is -2.17. The Labute approximate surface area is 117 Å². The normalized spacial score (nSPS) is 9.55. The molecule has 6 nitrogen and oxygen atoms in total. The highest BCUT2D eigenvalue weighted by Gasteiger charge is 2.18. The molecule has 0 saturated carbocycles. The molecule has 0 spiro atoms. The standard InChI is InChI=1S/C14H18O6/c1-6-12(15)20-11(7-18-13(16)9(2)3)8-19-14(17)10(4)5/h6,11H,1-2,4,7-8H2,3,5H3. The Morgan fingerprint density at radius 2 is 1.40 bits per heavy atom. The smallest absolute Gasteiger partial charge is 0.333 e. The molecule has 0 atom stereocenters. The van der Waals surface area contributed by atoms with Crippen molar-refractivity contribution < 1.29 is 28.6 Å². The van der Waals surface area contributed by atoms with E-state index in [0.29, 0.717) is 0 Å². The van der Waals surface area contributed by atoms with E-state index in [9.17, 15) is 14.4 Å². The molecule has 0 N–H and O–H groups in total. The van der Waals surface area contributed by atoms with Gasteiger partial charge in [0.25, 0.3) is 0 Å². The zero-order valence-corrected chi connectivity index (χ0v) is 11.6. The quantitative estimate of drug-likeness (QED) is 0.379. The van der Waals surface area contributed by atoms with E-state index in [4.69, 9.17) is 14.2 Å². The van der Waals surface area contributed by atoms with Gasteiger partial charge in [-0.25, -0.2) is 14.4 Å². The Morgan fingerprint density at radius 1 is 1.00 bits per heavy atom. The Kier molecular flexibility index (Phi) is 7.65. The summed E-state index contributed by atoms with van der Waals surface area (Å²) in [4.78, 5) is 33.6. The predicted molar refractivity (Wildman–Crippen MR) is 71.6 cm³/mol. The van der Waals surface area contributed by atoms with Crippen molar-refractivity contribution in [3.8, 4) is 0 Å². The average molecular weight is 282 g/mol. The van der Waals surface area contributed by atoms with E-state index in [2.05, 4.69) is 19.7 Å². The zero-order valence-electron chi connectivity index (χ0n) is 11.6. The molecule has 0 fully saturated rings. The van der Waals surface area contributed by atoms with Crippen molar-refractivity contribution in [1.29, 1.82) is 0 Å². The van der Waals surface area contributed by atoms with Crippen LogP contribution >= 0.6 is 0 Å². The summed E-state index contributed by atoms with van der Waals surface area (Å²) in [7, 11) is 0. The highest BCUT2D eigenvalue weighted by molar-refractivity contribution is 5.87. The van der Waals surface area contributed by atoms with Gasteiger partial charge in [0.1, 0.15) is 13.2 Å². The lowest BCUT2D eigenvalue weighted by atomic mass is 10.3. The first kappa shape index (κ1) is 17.6. The van der Waals surface area contributed by atoms with Crippen molar-refractivity contribution >= 4 is 17.9 Å². The van der Waals surface area contributed by atoms with Gasteiger partial charge in [0, 0.05) is 17.2 Å². The van der Waals surface area contributed by atoms with Crippen molar-refractivity contribution in [2.75, 3.05) is 13.2 Å². The minimum atomic E-state index is -0.924. The number of ether oxygens (including phenoxy) is 3. The van der Waals surface area contributed by atoms with Gasteiger partial charge < -0.3 is 14.2 Å². The van der Waals surface area contributed by atoms with E-state index in [1.165, 1.54) is 13.8 Å². The van der Waals surface area contributed by atoms with Crippen LogP contribution in [-0.4, -0.2) is 37.2 Å². The molecule has 0 aromatic carbocycles. The van der Waals surface area contributed by atoms with Gasteiger partial charge in [-0.15, -0.1) is 0 Å². The highest BCUT2D eigenvalue weighted by Crippen LogP contribution is 2.02. The molecule has 0 aromatic rings. The summed E-state index contributed by atoms with van der Waals surface area (Å²) in [5.41, 5.74) is 0.412. The van der Waals surface area contributed by atoms with Crippen LogP contribution < -0.4 is 0 Å². The van der Waals surface area contributed by atoms with Crippen LogP contribution in [0.2, 0.25) is 0 Å². The lowest BCUT2D eigenvalue weighted by molar-refractivity contribution is -0.160. The first-order chi connectivity index (χ1) is 9.27. The van der Waals surface area contributed by atoms with Gasteiger partial charge in [-0.05, 0) is 13.8 Å². The summed E-state index contributed by atoms with van der Waals surface area (Å²) < 4.78 is 14.6. The summed E-state index contributed by atoms with van der Waals surface area (Å²) in [6, 6.07) is 0. The van der Waals surface area contributed by atoms with Crippen molar-refractivity contribution in [1.82, 2.24) is 0 Å². The van der Waals surface area contributed by atoms with Crippen LogP contribution in [0.5, 0.6) is 0 Å². The number of esters is 3. The van der Waals surface area contributed by atoms with E-state index in [1.807, 2.05) is 0 Å². The SMILES string of the molecule is C=CC(=O)OC(COC(=O)C(=C)C)COC(=O)C(=C)C. The van der Waals surface area contributed by atoms with E-state index in [0.717, 1.165) is 6.08 Å². The van der Waals surface area contributed by atoms with Crippen LogP contribution in [0.25, 0.3) is 0 Å². The molecule has 0 aliphatic rings. The first-order valence-corrected chi connectivity index (χ1v) is 5.76. The number of hydrogen-bond donors (Lipinski definition) is 0. The topological polar surface area (TPSA) is 78.9 Å². The van der Waals surface area contributed by atoms with Crippen LogP contribution in [0.15, 0.2) is 37.0 Å². The molecular formula is C14H18O6. The van der Waals surface area contributed by atoms with Crippen LogP contribution in [-0.2, 0) is 28.6 Å². The van der Waals surface area contributed by atoms with Gasteiger partial charge in [-0.2, -0.15) is 0 Å². The van der Waals surface area contributed by atoms with Crippen molar-refractivity contribution in [3.05, 3.63) is 37.0 Å². The Morgan fingerprint density at radius 3 is 1.70 bits per heavy atom. The van der Waals surface area contributed by atoms with Crippen LogP contribution in [0.3, 0.4) is 0 Å². The van der Waals surface area contributed by atoms with E-state index in [-0.39, 0.29) is 24.4 Å². The number of carbonyl (C=O) groups excluding carboxylic acids is 3. The molecule has 0 rings (SSSR count). The third-order valence-corrected chi connectivity index (χ3v) is 1.95. The molecule has 0 radical (unpaired) electrons. The molecule has 0 unspecified atom stereocenters. The van der Waals surface area contributed by atoms with E-state index >= 15 is 0 Å². The van der Waals surface area contributed by atoms with Crippen LogP contribution in [0.1, 0.15) is 13.8 Å². The summed E-state index contributed by atoms with van der Waals surface area (Å²) >= 11 is 0. The molecule has 0 saturated heterocycles. The Balaban J connectivity index is 4.48. The number of carbonyl (C=O) groups is 3. The largest absolute Gasteiger partial charge is 0.458 e. The van der Waals surface area contributed by atoms with Crippen molar-refractivity contribution in [2.24, 2.45) is 0 Å². The second-order valence-electron chi connectivity index (χ2n) is 4.02. The van der Waals surface area contributed by atoms with Gasteiger partial charge in [-0.1, -0.05) is 19.7 Å². The Bertz CT molecular complexity index is 405. The highest BCUT2D eigenvalue weighted by atomic mass is 16.6. The van der Waals surface area contributed by atoms with Gasteiger partial charge in [0.15, 0.2) is 6.10 Å². The minimum Gasteiger partial charge on any atom is -0.458 e. The molecule has 0 aromatic heterocycles. The molecule has 0 aliphatic heterocycles.